The zero-order valence-corrected chi connectivity index (χ0v) is 10.1. The first kappa shape index (κ1) is 12.0. The second kappa shape index (κ2) is 4.82. The number of hydrogen-bond donors (Lipinski definition) is 1. The fourth-order valence-electron chi connectivity index (χ4n) is 1.61. The van der Waals surface area contributed by atoms with Gasteiger partial charge in [-0.2, -0.15) is 0 Å². The van der Waals surface area contributed by atoms with Crippen molar-refractivity contribution in [2.75, 3.05) is 5.32 Å². The Balaban J connectivity index is 2.20. The number of nitro groups is 1. The highest BCUT2D eigenvalue weighted by atomic mass is 16.6. The Morgan fingerprint density at radius 2 is 2.28 bits per heavy atom. The van der Waals surface area contributed by atoms with Gasteiger partial charge in [0.15, 0.2) is 0 Å². The predicted molar refractivity (Wildman–Crippen MR) is 66.2 cm³/mol. The standard InChI is InChI=1S/C11H13N5O2/c1-8-3-4-11(16(17)18)10(5-8)12-6-9-7-13-14-15(9)2/h3-5,7,12H,6H2,1-2H3. The minimum Gasteiger partial charge on any atom is -0.374 e. The van der Waals surface area contributed by atoms with E-state index in [2.05, 4.69) is 15.6 Å². The molecule has 0 saturated carbocycles. The van der Waals surface area contributed by atoms with Gasteiger partial charge in [0.1, 0.15) is 5.69 Å². The lowest BCUT2D eigenvalue weighted by Gasteiger charge is -2.07. The molecule has 0 bridgehead atoms. The van der Waals surface area contributed by atoms with Gasteiger partial charge in [0.25, 0.3) is 5.69 Å². The first-order valence-corrected chi connectivity index (χ1v) is 5.40. The number of aromatic nitrogens is 3. The van der Waals surface area contributed by atoms with Crippen molar-refractivity contribution >= 4 is 11.4 Å². The molecule has 0 aliphatic heterocycles. The number of rotatable bonds is 4. The predicted octanol–water partition coefficient (Wildman–Crippen LogP) is 1.64. The van der Waals surface area contributed by atoms with Crippen LogP contribution in [0.25, 0.3) is 0 Å². The maximum atomic E-state index is 10.9. The highest BCUT2D eigenvalue weighted by Gasteiger charge is 2.13. The van der Waals surface area contributed by atoms with Gasteiger partial charge in [0, 0.05) is 13.1 Å². The van der Waals surface area contributed by atoms with Gasteiger partial charge < -0.3 is 5.32 Å². The number of nitrogens with zero attached hydrogens (tertiary/aromatic N) is 4. The lowest BCUT2D eigenvalue weighted by Crippen LogP contribution is -2.07. The van der Waals surface area contributed by atoms with Gasteiger partial charge in [0.05, 0.1) is 23.4 Å². The minimum atomic E-state index is -0.400. The van der Waals surface area contributed by atoms with Crippen molar-refractivity contribution in [3.05, 3.63) is 45.8 Å². The third kappa shape index (κ3) is 2.45. The first-order valence-electron chi connectivity index (χ1n) is 5.40. The molecule has 1 N–H and O–H groups in total. The van der Waals surface area contributed by atoms with E-state index in [0.717, 1.165) is 11.3 Å². The number of hydrogen-bond acceptors (Lipinski definition) is 5. The molecule has 7 nitrogen and oxygen atoms in total. The van der Waals surface area contributed by atoms with Crippen LogP contribution in [0.5, 0.6) is 0 Å². The molecule has 1 aromatic heterocycles. The van der Waals surface area contributed by atoms with Crippen molar-refractivity contribution < 1.29 is 4.92 Å². The molecule has 1 heterocycles. The van der Waals surface area contributed by atoms with E-state index in [1.165, 1.54) is 6.07 Å². The van der Waals surface area contributed by atoms with Gasteiger partial charge in [-0.15, -0.1) is 5.10 Å². The molecule has 0 aliphatic rings. The van der Waals surface area contributed by atoms with Gasteiger partial charge in [-0.05, 0) is 18.6 Å². The van der Waals surface area contributed by atoms with Crippen molar-refractivity contribution in [3.8, 4) is 0 Å². The van der Waals surface area contributed by atoms with Gasteiger partial charge in [-0.1, -0.05) is 11.3 Å². The Hall–Kier alpha value is -2.44. The normalized spacial score (nSPS) is 10.3. The molecule has 0 spiro atoms. The zero-order chi connectivity index (χ0) is 13.1. The van der Waals surface area contributed by atoms with Gasteiger partial charge in [-0.3, -0.25) is 14.8 Å². The Kier molecular flexibility index (Phi) is 3.22. The molecule has 0 radical (unpaired) electrons. The Morgan fingerprint density at radius 3 is 2.89 bits per heavy atom. The highest BCUT2D eigenvalue weighted by molar-refractivity contribution is 5.62. The second-order valence-electron chi connectivity index (χ2n) is 3.98. The van der Waals surface area contributed by atoms with E-state index in [4.69, 9.17) is 0 Å². The Morgan fingerprint density at radius 1 is 1.50 bits per heavy atom. The van der Waals surface area contributed by atoms with Crippen LogP contribution in [0.2, 0.25) is 0 Å². The molecule has 1 aromatic carbocycles. The quantitative estimate of drug-likeness (QED) is 0.655. The molecule has 18 heavy (non-hydrogen) atoms. The van der Waals surface area contributed by atoms with Crippen LogP contribution in [0, 0.1) is 17.0 Å². The lowest BCUT2D eigenvalue weighted by atomic mass is 10.2. The molecular weight excluding hydrogens is 234 g/mol. The van der Waals surface area contributed by atoms with Crippen molar-refractivity contribution in [2.45, 2.75) is 13.5 Å². The van der Waals surface area contributed by atoms with Crippen molar-refractivity contribution in [1.82, 2.24) is 15.0 Å². The van der Waals surface area contributed by atoms with E-state index in [9.17, 15) is 10.1 Å². The summed E-state index contributed by atoms with van der Waals surface area (Å²) in [5.41, 5.74) is 2.38. The molecule has 0 fully saturated rings. The van der Waals surface area contributed by atoms with E-state index in [1.54, 1.807) is 30.1 Å². The van der Waals surface area contributed by atoms with Gasteiger partial charge in [-0.25, -0.2) is 0 Å². The van der Waals surface area contributed by atoms with Crippen LogP contribution in [0.1, 0.15) is 11.3 Å². The van der Waals surface area contributed by atoms with Crippen molar-refractivity contribution in [3.63, 3.8) is 0 Å². The summed E-state index contributed by atoms with van der Waals surface area (Å²) < 4.78 is 1.62. The lowest BCUT2D eigenvalue weighted by molar-refractivity contribution is -0.384. The molecule has 2 aromatic rings. The summed E-state index contributed by atoms with van der Waals surface area (Å²) in [4.78, 5) is 10.5. The summed E-state index contributed by atoms with van der Waals surface area (Å²) in [6.07, 6.45) is 1.62. The minimum absolute atomic E-state index is 0.0655. The second-order valence-corrected chi connectivity index (χ2v) is 3.98. The summed E-state index contributed by atoms with van der Waals surface area (Å²) in [7, 11) is 1.77. The molecule has 7 heteroatoms. The maximum Gasteiger partial charge on any atom is 0.292 e. The van der Waals surface area contributed by atoms with Crippen LogP contribution in [-0.4, -0.2) is 19.9 Å². The summed E-state index contributed by atoms with van der Waals surface area (Å²) in [6, 6.07) is 4.97. The SMILES string of the molecule is Cc1ccc([N+](=O)[O-])c(NCc2cnnn2C)c1. The van der Waals surface area contributed by atoms with E-state index >= 15 is 0 Å². The smallest absolute Gasteiger partial charge is 0.292 e. The van der Waals surface area contributed by atoms with Gasteiger partial charge >= 0.3 is 0 Å². The van der Waals surface area contributed by atoms with Crippen molar-refractivity contribution in [1.29, 1.82) is 0 Å². The molecule has 0 saturated heterocycles. The number of benzene rings is 1. The Labute approximate surface area is 104 Å². The van der Waals surface area contributed by atoms with E-state index in [0.29, 0.717) is 12.2 Å². The highest BCUT2D eigenvalue weighted by Crippen LogP contribution is 2.25. The van der Waals surface area contributed by atoms with Crippen LogP contribution >= 0.6 is 0 Å². The maximum absolute atomic E-state index is 10.9. The summed E-state index contributed by atoms with van der Waals surface area (Å²) in [5.74, 6) is 0. The average molecular weight is 247 g/mol. The van der Waals surface area contributed by atoms with Crippen molar-refractivity contribution in [2.24, 2.45) is 7.05 Å². The molecule has 2 rings (SSSR count). The third-order valence-electron chi connectivity index (χ3n) is 2.62. The number of anilines is 1. The van der Waals surface area contributed by atoms with Crippen LogP contribution in [0.3, 0.4) is 0 Å². The fraction of sp³-hybridized carbons (Fsp3) is 0.273. The molecular formula is C11H13N5O2. The van der Waals surface area contributed by atoms with E-state index < -0.39 is 4.92 Å². The largest absolute Gasteiger partial charge is 0.374 e. The van der Waals surface area contributed by atoms with Crippen LogP contribution in [0.4, 0.5) is 11.4 Å². The third-order valence-corrected chi connectivity index (χ3v) is 2.62. The molecule has 0 aliphatic carbocycles. The van der Waals surface area contributed by atoms with Crippen LogP contribution in [0.15, 0.2) is 24.4 Å². The molecule has 94 valence electrons. The number of aryl methyl sites for hydroxylation is 2. The van der Waals surface area contributed by atoms with Gasteiger partial charge in [0.2, 0.25) is 0 Å². The summed E-state index contributed by atoms with van der Waals surface area (Å²) >= 11 is 0. The monoisotopic (exact) mass is 247 g/mol. The zero-order valence-electron chi connectivity index (χ0n) is 10.1. The molecule has 0 unspecified atom stereocenters. The van der Waals surface area contributed by atoms with E-state index in [1.807, 2.05) is 6.92 Å². The average Bonchev–Trinajstić information content (AvgIpc) is 2.72. The Bertz CT molecular complexity index is 579. The topological polar surface area (TPSA) is 85.9 Å². The fourth-order valence-corrected chi connectivity index (χ4v) is 1.61. The molecule has 0 amide bonds. The summed E-state index contributed by atoms with van der Waals surface area (Å²) in [5, 5.41) is 21.5. The van der Waals surface area contributed by atoms with Crippen LogP contribution < -0.4 is 5.32 Å². The van der Waals surface area contributed by atoms with Crippen LogP contribution in [-0.2, 0) is 13.6 Å². The first-order chi connectivity index (χ1) is 8.58. The van der Waals surface area contributed by atoms with E-state index in [-0.39, 0.29) is 5.69 Å². The number of nitro benzene ring substituents is 1. The molecule has 0 atom stereocenters. The summed E-state index contributed by atoms with van der Waals surface area (Å²) in [6.45, 7) is 2.33. The number of nitrogens with one attached hydrogen (secondary N) is 1.